The van der Waals surface area contributed by atoms with Gasteiger partial charge in [-0.25, -0.2) is 0 Å². The first-order valence-electron chi connectivity index (χ1n) is 6.32. The van der Waals surface area contributed by atoms with Crippen LogP contribution in [0, 0.1) is 0 Å². The summed E-state index contributed by atoms with van der Waals surface area (Å²) in [5.41, 5.74) is 2.00. The van der Waals surface area contributed by atoms with Gasteiger partial charge in [0.2, 0.25) is 0 Å². The molecule has 1 aliphatic rings. The van der Waals surface area contributed by atoms with E-state index >= 15 is 0 Å². The Hall–Kier alpha value is -1.06. The minimum atomic E-state index is -0.551. The molecule has 17 heavy (non-hydrogen) atoms. The van der Waals surface area contributed by atoms with Gasteiger partial charge in [0.05, 0.1) is 5.60 Å². The van der Waals surface area contributed by atoms with Crippen LogP contribution in [0.4, 0.5) is 5.69 Å². The molecule has 0 spiro atoms. The Kier molecular flexibility index (Phi) is 3.69. The molecule has 1 unspecified atom stereocenters. The van der Waals surface area contributed by atoms with Gasteiger partial charge < -0.3 is 15.3 Å². The number of aliphatic hydroxyl groups is 1. The third kappa shape index (κ3) is 2.99. The Morgan fingerprint density at radius 1 is 1.41 bits per heavy atom. The molecule has 1 atom stereocenters. The molecule has 3 heteroatoms. The predicted octanol–water partition coefficient (Wildman–Crippen LogP) is 1.76. The number of anilines is 1. The van der Waals surface area contributed by atoms with Crippen LogP contribution in [-0.4, -0.2) is 30.8 Å². The second-order valence-electron chi connectivity index (χ2n) is 5.18. The molecule has 0 aromatic heterocycles. The molecular formula is C14H22N2O. The van der Waals surface area contributed by atoms with E-state index in [1.54, 1.807) is 0 Å². The van der Waals surface area contributed by atoms with Crippen LogP contribution < -0.4 is 10.2 Å². The van der Waals surface area contributed by atoms with E-state index in [9.17, 15) is 5.11 Å². The normalized spacial score (nSPS) is 25.0. The third-order valence-electron chi connectivity index (χ3n) is 3.37. The third-order valence-corrected chi connectivity index (χ3v) is 3.37. The van der Waals surface area contributed by atoms with Crippen molar-refractivity contribution in [3.63, 3.8) is 0 Å². The fraction of sp³-hybridized carbons (Fsp3) is 0.571. The van der Waals surface area contributed by atoms with Crippen LogP contribution in [0.15, 0.2) is 24.3 Å². The molecule has 2 N–H and O–H groups in total. The van der Waals surface area contributed by atoms with Crippen LogP contribution in [0.3, 0.4) is 0 Å². The highest BCUT2D eigenvalue weighted by Crippen LogP contribution is 2.28. The first-order valence-corrected chi connectivity index (χ1v) is 6.32. The molecular weight excluding hydrogens is 212 g/mol. The summed E-state index contributed by atoms with van der Waals surface area (Å²) in [6, 6.07) is 8.43. The van der Waals surface area contributed by atoms with Crippen LogP contribution in [0.5, 0.6) is 0 Å². The molecule has 1 aromatic rings. The van der Waals surface area contributed by atoms with Gasteiger partial charge in [-0.1, -0.05) is 18.2 Å². The van der Waals surface area contributed by atoms with E-state index in [0.29, 0.717) is 0 Å². The lowest BCUT2D eigenvalue weighted by atomic mass is 9.94. The number of nitrogens with zero attached hydrogens (tertiary/aromatic N) is 1. The van der Waals surface area contributed by atoms with Crippen molar-refractivity contribution in [2.45, 2.75) is 31.9 Å². The van der Waals surface area contributed by atoms with E-state index < -0.39 is 5.60 Å². The molecule has 0 radical (unpaired) electrons. The van der Waals surface area contributed by atoms with E-state index in [4.69, 9.17) is 0 Å². The largest absolute Gasteiger partial charge is 0.388 e. The monoisotopic (exact) mass is 234 g/mol. The summed E-state index contributed by atoms with van der Waals surface area (Å²) < 4.78 is 0. The average Bonchev–Trinajstić information content (AvgIpc) is 2.29. The maximum atomic E-state index is 10.2. The van der Waals surface area contributed by atoms with E-state index in [0.717, 1.165) is 32.5 Å². The molecule has 0 aliphatic carbocycles. The smallest absolute Gasteiger partial charge is 0.0794 e. The van der Waals surface area contributed by atoms with Crippen molar-refractivity contribution in [3.8, 4) is 0 Å². The number of hydrogen-bond donors (Lipinski definition) is 2. The van der Waals surface area contributed by atoms with Crippen LogP contribution in [0.1, 0.15) is 25.3 Å². The molecule has 1 heterocycles. The van der Waals surface area contributed by atoms with Crippen molar-refractivity contribution in [1.29, 1.82) is 0 Å². The van der Waals surface area contributed by atoms with Crippen molar-refractivity contribution in [2.75, 3.05) is 25.0 Å². The zero-order chi connectivity index (χ0) is 12.3. The Morgan fingerprint density at radius 2 is 2.18 bits per heavy atom. The van der Waals surface area contributed by atoms with Crippen molar-refractivity contribution in [3.05, 3.63) is 29.8 Å². The lowest BCUT2D eigenvalue weighted by Gasteiger charge is -2.39. The number of nitrogens with one attached hydrogen (secondary N) is 1. The van der Waals surface area contributed by atoms with Crippen molar-refractivity contribution < 1.29 is 5.11 Å². The standard InChI is InChI=1S/C14H22N2O/c1-14(17)8-5-9-16(11-14)13-7-4-3-6-12(13)10-15-2/h3-4,6-7,15,17H,5,8-11H2,1-2H3. The lowest BCUT2D eigenvalue weighted by Crippen LogP contribution is -2.46. The van der Waals surface area contributed by atoms with Gasteiger partial charge in [-0.2, -0.15) is 0 Å². The fourth-order valence-corrected chi connectivity index (χ4v) is 2.58. The van der Waals surface area contributed by atoms with Crippen molar-refractivity contribution >= 4 is 5.69 Å². The number of hydrogen-bond acceptors (Lipinski definition) is 3. The quantitative estimate of drug-likeness (QED) is 0.836. The maximum absolute atomic E-state index is 10.2. The van der Waals surface area contributed by atoms with Gasteiger partial charge in [-0.15, -0.1) is 0 Å². The average molecular weight is 234 g/mol. The van der Waals surface area contributed by atoms with Gasteiger partial charge in [0, 0.05) is 25.3 Å². The van der Waals surface area contributed by atoms with E-state index in [1.165, 1.54) is 11.3 Å². The zero-order valence-corrected chi connectivity index (χ0v) is 10.7. The number of rotatable bonds is 3. The van der Waals surface area contributed by atoms with Gasteiger partial charge in [0.15, 0.2) is 0 Å². The molecule has 1 aliphatic heterocycles. The number of piperidine rings is 1. The molecule has 1 aromatic carbocycles. The van der Waals surface area contributed by atoms with Gasteiger partial charge in [-0.3, -0.25) is 0 Å². The fourth-order valence-electron chi connectivity index (χ4n) is 2.58. The van der Waals surface area contributed by atoms with Gasteiger partial charge >= 0.3 is 0 Å². The Balaban J connectivity index is 2.21. The minimum Gasteiger partial charge on any atom is -0.388 e. The second-order valence-corrected chi connectivity index (χ2v) is 5.18. The summed E-state index contributed by atoms with van der Waals surface area (Å²) in [5.74, 6) is 0. The maximum Gasteiger partial charge on any atom is 0.0794 e. The van der Waals surface area contributed by atoms with Crippen LogP contribution in [0.2, 0.25) is 0 Å². The van der Waals surface area contributed by atoms with Crippen molar-refractivity contribution in [1.82, 2.24) is 5.32 Å². The molecule has 1 saturated heterocycles. The molecule has 1 fully saturated rings. The molecule has 2 rings (SSSR count). The highest BCUT2D eigenvalue weighted by Gasteiger charge is 2.29. The van der Waals surface area contributed by atoms with Gasteiger partial charge in [0.25, 0.3) is 0 Å². The SMILES string of the molecule is CNCc1ccccc1N1CCCC(C)(O)C1. The summed E-state index contributed by atoms with van der Waals surface area (Å²) in [6.45, 7) is 4.57. The Morgan fingerprint density at radius 3 is 2.88 bits per heavy atom. The summed E-state index contributed by atoms with van der Waals surface area (Å²) in [7, 11) is 1.96. The zero-order valence-electron chi connectivity index (χ0n) is 10.7. The Labute approximate surface area is 103 Å². The number of benzene rings is 1. The van der Waals surface area contributed by atoms with E-state index in [1.807, 2.05) is 14.0 Å². The van der Waals surface area contributed by atoms with Gasteiger partial charge in [0.1, 0.15) is 0 Å². The van der Waals surface area contributed by atoms with Crippen LogP contribution in [0.25, 0.3) is 0 Å². The number of β-amino-alcohol motifs (C(OH)–C–C–N with tert-alkyl or cyclic N) is 1. The first-order chi connectivity index (χ1) is 8.12. The molecule has 0 saturated carbocycles. The topological polar surface area (TPSA) is 35.5 Å². The number of para-hydroxylation sites is 1. The predicted molar refractivity (Wildman–Crippen MR) is 71.3 cm³/mol. The minimum absolute atomic E-state index is 0.551. The van der Waals surface area contributed by atoms with Crippen molar-refractivity contribution in [2.24, 2.45) is 0 Å². The summed E-state index contributed by atoms with van der Waals surface area (Å²) in [4.78, 5) is 2.30. The summed E-state index contributed by atoms with van der Waals surface area (Å²) >= 11 is 0. The Bertz CT molecular complexity index is 376. The molecule has 0 amide bonds. The molecule has 94 valence electrons. The van der Waals surface area contributed by atoms with Crippen LogP contribution >= 0.6 is 0 Å². The summed E-state index contributed by atoms with van der Waals surface area (Å²) in [5, 5.41) is 13.4. The van der Waals surface area contributed by atoms with Crippen LogP contribution in [-0.2, 0) is 6.54 Å². The first kappa shape index (κ1) is 12.4. The highest BCUT2D eigenvalue weighted by atomic mass is 16.3. The van der Waals surface area contributed by atoms with Gasteiger partial charge in [-0.05, 0) is 38.4 Å². The lowest BCUT2D eigenvalue weighted by molar-refractivity contribution is 0.0449. The van der Waals surface area contributed by atoms with E-state index in [-0.39, 0.29) is 0 Å². The summed E-state index contributed by atoms with van der Waals surface area (Å²) in [6.07, 6.45) is 1.96. The molecule has 0 bridgehead atoms. The van der Waals surface area contributed by atoms with E-state index in [2.05, 4.69) is 34.5 Å². The molecule has 3 nitrogen and oxygen atoms in total. The highest BCUT2D eigenvalue weighted by molar-refractivity contribution is 5.54. The second kappa shape index (κ2) is 5.07.